The lowest BCUT2D eigenvalue weighted by molar-refractivity contribution is -0.384. The van der Waals surface area contributed by atoms with Gasteiger partial charge in [-0.05, 0) is 53.9 Å². The molecule has 4 rings (SSSR count). The molecule has 142 valence electrons. The number of nitro groups is 1. The number of nitrogens with one attached hydrogen (secondary N) is 2. The van der Waals surface area contributed by atoms with Crippen molar-refractivity contribution >= 4 is 27.9 Å². The minimum atomic E-state index is -0.423. The van der Waals surface area contributed by atoms with Gasteiger partial charge in [-0.3, -0.25) is 14.9 Å². The monoisotopic (exact) mass is 385 g/mol. The molecule has 1 aromatic heterocycles. The number of nitrogens with zero attached hydrogens (tertiary/aromatic N) is 1. The maximum Gasteiger partial charge on any atom is 0.269 e. The fourth-order valence-electron chi connectivity index (χ4n) is 3.99. The topological polar surface area (TPSA) is 84.3 Å². The van der Waals surface area contributed by atoms with E-state index in [0.29, 0.717) is 5.92 Å². The third kappa shape index (κ3) is 3.20. The van der Waals surface area contributed by atoms with E-state index in [4.69, 9.17) is 0 Å². The minimum Gasteiger partial charge on any atom is -0.353 e. The maximum atomic E-state index is 12.8. The first-order chi connectivity index (χ1) is 12.7. The molecule has 0 spiro atoms. The van der Waals surface area contributed by atoms with Crippen LogP contribution >= 0.6 is 11.3 Å². The van der Waals surface area contributed by atoms with Gasteiger partial charge in [-0.2, -0.15) is 0 Å². The molecule has 1 aliphatic heterocycles. The van der Waals surface area contributed by atoms with Gasteiger partial charge in [0, 0.05) is 17.0 Å². The lowest BCUT2D eigenvalue weighted by atomic mass is 9.72. The van der Waals surface area contributed by atoms with Gasteiger partial charge < -0.3 is 10.6 Å². The van der Waals surface area contributed by atoms with Crippen LogP contribution in [0.25, 0.3) is 0 Å². The van der Waals surface area contributed by atoms with Crippen molar-refractivity contribution in [3.63, 3.8) is 0 Å². The number of thiophene rings is 1. The second kappa shape index (κ2) is 6.34. The zero-order valence-electron chi connectivity index (χ0n) is 15.7. The van der Waals surface area contributed by atoms with Crippen LogP contribution in [0, 0.1) is 21.4 Å². The second-order valence-corrected chi connectivity index (χ2v) is 9.52. The molecule has 2 N–H and O–H groups in total. The molecule has 0 fully saturated rings. The van der Waals surface area contributed by atoms with Crippen molar-refractivity contribution in [3.05, 3.63) is 55.9 Å². The summed E-state index contributed by atoms with van der Waals surface area (Å²) < 4.78 is 0. The highest BCUT2D eigenvalue weighted by Gasteiger charge is 2.36. The van der Waals surface area contributed by atoms with Crippen LogP contribution in [0.5, 0.6) is 0 Å². The summed E-state index contributed by atoms with van der Waals surface area (Å²) in [6, 6.07) is 6.30. The number of hydrogen-bond acceptors (Lipinski definition) is 5. The van der Waals surface area contributed by atoms with Crippen LogP contribution < -0.4 is 10.6 Å². The SMILES string of the molecule is CC(C)(C)[C@@H]1CCc2c(sc3c2C(=O)N[C@@H](c2ccc([N+](=O)[O-])cc2)N3)C1. The Morgan fingerprint density at radius 3 is 2.52 bits per heavy atom. The smallest absolute Gasteiger partial charge is 0.269 e. The predicted molar refractivity (Wildman–Crippen MR) is 106 cm³/mol. The van der Waals surface area contributed by atoms with Crippen molar-refractivity contribution in [1.82, 2.24) is 5.32 Å². The summed E-state index contributed by atoms with van der Waals surface area (Å²) in [5.74, 6) is 0.567. The van der Waals surface area contributed by atoms with Gasteiger partial charge in [0.1, 0.15) is 11.2 Å². The van der Waals surface area contributed by atoms with Crippen molar-refractivity contribution in [3.8, 4) is 0 Å². The standard InChI is InChI=1S/C20H23N3O3S/c1-20(2,3)12-6-9-14-15(10-12)27-19-16(14)18(24)21-17(22-19)11-4-7-13(8-5-11)23(25)26/h4-5,7-8,12,17,22H,6,9-10H2,1-3H3,(H,21,24)/t12-,17-/m1/s1. The number of carbonyl (C=O) groups excluding carboxylic acids is 1. The average Bonchev–Trinajstić information content (AvgIpc) is 2.99. The summed E-state index contributed by atoms with van der Waals surface area (Å²) in [4.78, 5) is 24.5. The maximum absolute atomic E-state index is 12.8. The molecule has 1 aromatic carbocycles. The number of benzene rings is 1. The number of fused-ring (bicyclic) bond motifs is 3. The van der Waals surface area contributed by atoms with Gasteiger partial charge >= 0.3 is 0 Å². The molecule has 6 nitrogen and oxygen atoms in total. The largest absolute Gasteiger partial charge is 0.353 e. The molecule has 1 aliphatic carbocycles. The van der Waals surface area contributed by atoms with Gasteiger partial charge in [-0.15, -0.1) is 11.3 Å². The third-order valence-electron chi connectivity index (χ3n) is 5.71. The molecular weight excluding hydrogens is 362 g/mol. The zero-order chi connectivity index (χ0) is 19.3. The molecule has 0 unspecified atom stereocenters. The number of carbonyl (C=O) groups is 1. The summed E-state index contributed by atoms with van der Waals surface area (Å²) in [5, 5.41) is 18.2. The lowest BCUT2D eigenvalue weighted by Gasteiger charge is -2.34. The van der Waals surface area contributed by atoms with Gasteiger partial charge in [0.15, 0.2) is 0 Å². The van der Waals surface area contributed by atoms with Gasteiger partial charge in [0.25, 0.3) is 11.6 Å². The Hall–Kier alpha value is -2.41. The van der Waals surface area contributed by atoms with E-state index in [2.05, 4.69) is 31.4 Å². The normalized spacial score (nSPS) is 21.7. The van der Waals surface area contributed by atoms with Gasteiger partial charge in [0.05, 0.1) is 10.5 Å². The van der Waals surface area contributed by atoms with Crippen molar-refractivity contribution in [2.45, 2.75) is 46.2 Å². The number of non-ortho nitro benzene ring substituents is 1. The van der Waals surface area contributed by atoms with Gasteiger partial charge in [-0.1, -0.05) is 20.8 Å². The van der Waals surface area contributed by atoms with E-state index < -0.39 is 4.92 Å². The van der Waals surface area contributed by atoms with Crippen LogP contribution in [0.3, 0.4) is 0 Å². The van der Waals surface area contributed by atoms with Gasteiger partial charge in [-0.25, -0.2) is 0 Å². The van der Waals surface area contributed by atoms with Crippen LogP contribution in [0.4, 0.5) is 10.7 Å². The van der Waals surface area contributed by atoms with Crippen LogP contribution in [0.15, 0.2) is 24.3 Å². The zero-order valence-corrected chi connectivity index (χ0v) is 16.5. The molecule has 2 aliphatic rings. The van der Waals surface area contributed by atoms with E-state index in [0.717, 1.165) is 35.4 Å². The highest BCUT2D eigenvalue weighted by atomic mass is 32.1. The number of amides is 1. The number of anilines is 1. The van der Waals surface area contributed by atoms with E-state index in [1.807, 2.05) is 0 Å². The fraction of sp³-hybridized carbons (Fsp3) is 0.450. The summed E-state index contributed by atoms with van der Waals surface area (Å²) in [5.41, 5.74) is 3.10. The Labute approximate surface area is 162 Å². The number of rotatable bonds is 2. The van der Waals surface area contributed by atoms with E-state index in [1.165, 1.54) is 22.6 Å². The highest BCUT2D eigenvalue weighted by molar-refractivity contribution is 7.16. The summed E-state index contributed by atoms with van der Waals surface area (Å²) in [6.45, 7) is 6.85. The van der Waals surface area contributed by atoms with Crippen molar-refractivity contribution in [2.24, 2.45) is 11.3 Å². The van der Waals surface area contributed by atoms with Crippen LogP contribution in [0.2, 0.25) is 0 Å². The van der Waals surface area contributed by atoms with E-state index in [-0.39, 0.29) is 23.2 Å². The predicted octanol–water partition coefficient (Wildman–Crippen LogP) is 4.66. The van der Waals surface area contributed by atoms with Crippen molar-refractivity contribution in [2.75, 3.05) is 5.32 Å². The molecule has 27 heavy (non-hydrogen) atoms. The summed E-state index contributed by atoms with van der Waals surface area (Å²) in [7, 11) is 0. The first kappa shape index (κ1) is 18.0. The van der Waals surface area contributed by atoms with E-state index in [9.17, 15) is 14.9 Å². The summed E-state index contributed by atoms with van der Waals surface area (Å²) in [6.07, 6.45) is 2.71. The number of nitro benzene ring substituents is 1. The van der Waals surface area contributed by atoms with E-state index in [1.54, 1.807) is 23.5 Å². The molecule has 1 amide bonds. The molecule has 2 aromatic rings. The first-order valence-electron chi connectivity index (χ1n) is 9.20. The molecular formula is C20H23N3O3S. The molecule has 0 saturated carbocycles. The Morgan fingerprint density at radius 1 is 1.19 bits per heavy atom. The second-order valence-electron chi connectivity index (χ2n) is 8.41. The molecule has 0 saturated heterocycles. The quantitative estimate of drug-likeness (QED) is 0.582. The molecule has 2 heterocycles. The average molecular weight is 385 g/mol. The van der Waals surface area contributed by atoms with Crippen LogP contribution in [-0.2, 0) is 12.8 Å². The van der Waals surface area contributed by atoms with E-state index >= 15 is 0 Å². The lowest BCUT2D eigenvalue weighted by Crippen LogP contribution is -2.38. The Morgan fingerprint density at radius 2 is 1.89 bits per heavy atom. The number of hydrogen-bond donors (Lipinski definition) is 2. The highest BCUT2D eigenvalue weighted by Crippen LogP contribution is 2.46. The Bertz CT molecular complexity index is 912. The van der Waals surface area contributed by atoms with Crippen molar-refractivity contribution < 1.29 is 9.72 Å². The Balaban J connectivity index is 1.61. The van der Waals surface area contributed by atoms with Crippen molar-refractivity contribution in [1.29, 1.82) is 0 Å². The fourth-order valence-corrected chi connectivity index (χ4v) is 5.35. The van der Waals surface area contributed by atoms with Crippen LogP contribution in [-0.4, -0.2) is 10.8 Å². The molecule has 2 atom stereocenters. The van der Waals surface area contributed by atoms with Gasteiger partial charge in [0.2, 0.25) is 0 Å². The van der Waals surface area contributed by atoms with Crippen LogP contribution in [0.1, 0.15) is 59.7 Å². The summed E-state index contributed by atoms with van der Waals surface area (Å²) >= 11 is 1.69. The molecule has 7 heteroatoms. The minimum absolute atomic E-state index is 0.0429. The molecule has 0 radical (unpaired) electrons. The Kier molecular flexibility index (Phi) is 4.22. The molecule has 0 bridgehead atoms. The first-order valence-corrected chi connectivity index (χ1v) is 10.0. The third-order valence-corrected chi connectivity index (χ3v) is 6.89.